The van der Waals surface area contributed by atoms with Gasteiger partial charge >= 0.3 is 5.97 Å². The summed E-state index contributed by atoms with van der Waals surface area (Å²) in [5.41, 5.74) is 8.28. The smallest absolute Gasteiger partial charge is 0.335 e. The molecule has 2 aromatic carbocycles. The number of carboxylic acid groups (broad SMARTS) is 1. The number of carbonyl (C=O) groups is 2. The zero-order chi connectivity index (χ0) is 16.4. The average Bonchev–Trinajstić information content (AvgIpc) is 2.95. The summed E-state index contributed by atoms with van der Waals surface area (Å²) in [7, 11) is 0. The number of fused-ring (bicyclic) bond motifs is 1. The van der Waals surface area contributed by atoms with Gasteiger partial charge in [-0.2, -0.15) is 0 Å². The highest BCUT2D eigenvalue weighted by Crippen LogP contribution is 2.24. The number of hydrogen-bond acceptors (Lipinski definition) is 4. The summed E-state index contributed by atoms with van der Waals surface area (Å²) in [6, 6.07) is 11.9. The van der Waals surface area contributed by atoms with Crippen LogP contribution in [0, 0.1) is 0 Å². The number of rotatable bonds is 5. The fraction of sp³-hybridized carbons (Fsp3) is 0.0625. The molecule has 3 rings (SSSR count). The van der Waals surface area contributed by atoms with Gasteiger partial charge in [0.15, 0.2) is 5.16 Å². The molecule has 4 N–H and O–H groups in total. The lowest BCUT2D eigenvalue weighted by molar-refractivity contribution is 0.0696. The number of thioether (sulfide) groups is 1. The summed E-state index contributed by atoms with van der Waals surface area (Å²) >= 11 is 1.47. The second-order valence-corrected chi connectivity index (χ2v) is 5.86. The van der Waals surface area contributed by atoms with Crippen molar-refractivity contribution in [2.45, 2.75) is 10.9 Å². The van der Waals surface area contributed by atoms with E-state index in [1.807, 2.05) is 6.07 Å². The fourth-order valence-electron chi connectivity index (χ4n) is 2.17. The molecule has 1 heterocycles. The molecule has 0 aliphatic heterocycles. The summed E-state index contributed by atoms with van der Waals surface area (Å²) in [6.07, 6.45) is 0. The second-order valence-electron chi connectivity index (χ2n) is 4.90. The zero-order valence-electron chi connectivity index (χ0n) is 11.9. The van der Waals surface area contributed by atoms with Crippen LogP contribution in [0.25, 0.3) is 11.0 Å². The number of H-pyrrole nitrogens is 1. The maximum absolute atomic E-state index is 11.4. The van der Waals surface area contributed by atoms with Crippen LogP contribution in [0.3, 0.4) is 0 Å². The van der Waals surface area contributed by atoms with E-state index in [9.17, 15) is 9.59 Å². The van der Waals surface area contributed by atoms with Crippen LogP contribution in [0.1, 0.15) is 26.3 Å². The van der Waals surface area contributed by atoms with E-state index in [-0.39, 0.29) is 5.56 Å². The monoisotopic (exact) mass is 327 g/mol. The van der Waals surface area contributed by atoms with Gasteiger partial charge < -0.3 is 15.8 Å². The molecule has 23 heavy (non-hydrogen) atoms. The third kappa shape index (κ3) is 3.19. The molecule has 0 aliphatic carbocycles. The standard InChI is InChI=1S/C16H13N3O3S/c17-14(20)11-2-1-3-12-13(11)19-16(18-12)23-8-9-4-6-10(7-5-9)15(21)22/h1-7H,8H2,(H2,17,20)(H,18,19)(H,21,22). The number of benzene rings is 2. The van der Waals surface area contributed by atoms with Crippen molar-refractivity contribution in [1.29, 1.82) is 0 Å². The number of aromatic carboxylic acids is 1. The number of carboxylic acids is 1. The summed E-state index contributed by atoms with van der Waals surface area (Å²) < 4.78 is 0. The van der Waals surface area contributed by atoms with Crippen molar-refractivity contribution < 1.29 is 14.7 Å². The second kappa shape index (κ2) is 6.13. The normalized spacial score (nSPS) is 10.8. The van der Waals surface area contributed by atoms with Crippen molar-refractivity contribution in [3.63, 3.8) is 0 Å². The maximum atomic E-state index is 11.4. The van der Waals surface area contributed by atoms with Crippen molar-refractivity contribution in [2.75, 3.05) is 0 Å². The van der Waals surface area contributed by atoms with Gasteiger partial charge in [-0.1, -0.05) is 30.0 Å². The molecule has 1 aromatic heterocycles. The molecule has 0 bridgehead atoms. The number of imidazole rings is 1. The highest BCUT2D eigenvalue weighted by atomic mass is 32.2. The van der Waals surface area contributed by atoms with Gasteiger partial charge in [0.25, 0.3) is 5.91 Å². The van der Waals surface area contributed by atoms with E-state index in [0.29, 0.717) is 22.0 Å². The quantitative estimate of drug-likeness (QED) is 0.624. The Hall–Kier alpha value is -2.80. The number of primary amides is 1. The van der Waals surface area contributed by atoms with E-state index in [2.05, 4.69) is 9.97 Å². The number of para-hydroxylation sites is 1. The van der Waals surface area contributed by atoms with Gasteiger partial charge in [0.05, 0.1) is 16.6 Å². The van der Waals surface area contributed by atoms with E-state index in [4.69, 9.17) is 10.8 Å². The Bertz CT molecular complexity index is 887. The van der Waals surface area contributed by atoms with Crippen LogP contribution in [-0.4, -0.2) is 27.0 Å². The van der Waals surface area contributed by atoms with Crippen LogP contribution in [0.15, 0.2) is 47.6 Å². The van der Waals surface area contributed by atoms with Crippen LogP contribution >= 0.6 is 11.8 Å². The van der Waals surface area contributed by atoms with Crippen molar-refractivity contribution in [2.24, 2.45) is 5.73 Å². The maximum Gasteiger partial charge on any atom is 0.335 e. The van der Waals surface area contributed by atoms with Crippen LogP contribution in [-0.2, 0) is 5.75 Å². The summed E-state index contributed by atoms with van der Waals surface area (Å²) in [6.45, 7) is 0. The van der Waals surface area contributed by atoms with Crippen LogP contribution < -0.4 is 5.73 Å². The van der Waals surface area contributed by atoms with Gasteiger partial charge in [-0.05, 0) is 29.8 Å². The van der Waals surface area contributed by atoms with E-state index >= 15 is 0 Å². The molecule has 7 heteroatoms. The average molecular weight is 327 g/mol. The van der Waals surface area contributed by atoms with Crippen LogP contribution in [0.4, 0.5) is 0 Å². The molecular weight excluding hydrogens is 314 g/mol. The third-order valence-corrected chi connectivity index (χ3v) is 4.28. The molecule has 0 saturated carbocycles. The zero-order valence-corrected chi connectivity index (χ0v) is 12.8. The van der Waals surface area contributed by atoms with Crippen LogP contribution in [0.5, 0.6) is 0 Å². The number of nitrogens with one attached hydrogen (secondary N) is 1. The molecule has 0 radical (unpaired) electrons. The minimum Gasteiger partial charge on any atom is -0.478 e. The first kappa shape index (κ1) is 15.1. The SMILES string of the molecule is NC(=O)c1cccc2[nH]c(SCc3ccc(C(=O)O)cc3)nc12. The first-order chi connectivity index (χ1) is 11.0. The van der Waals surface area contributed by atoms with Crippen LogP contribution in [0.2, 0.25) is 0 Å². The van der Waals surface area contributed by atoms with Gasteiger partial charge in [-0.25, -0.2) is 9.78 Å². The molecule has 0 spiro atoms. The Morgan fingerprint density at radius 3 is 2.57 bits per heavy atom. The molecule has 3 aromatic rings. The van der Waals surface area contributed by atoms with Gasteiger partial charge in [0, 0.05) is 5.75 Å². The van der Waals surface area contributed by atoms with Gasteiger partial charge in [0.2, 0.25) is 0 Å². The number of amides is 1. The predicted octanol–water partition coefficient (Wildman–Crippen LogP) is 2.65. The highest BCUT2D eigenvalue weighted by Gasteiger charge is 2.11. The first-order valence-electron chi connectivity index (χ1n) is 6.78. The Kier molecular flexibility index (Phi) is 4.03. The minimum absolute atomic E-state index is 0.258. The Morgan fingerprint density at radius 2 is 1.91 bits per heavy atom. The first-order valence-corrected chi connectivity index (χ1v) is 7.77. The largest absolute Gasteiger partial charge is 0.478 e. The van der Waals surface area contributed by atoms with E-state index in [1.165, 1.54) is 11.8 Å². The number of hydrogen-bond donors (Lipinski definition) is 3. The number of carbonyl (C=O) groups excluding carboxylic acids is 1. The molecule has 0 saturated heterocycles. The molecule has 1 amide bonds. The predicted molar refractivity (Wildman–Crippen MR) is 87.6 cm³/mol. The summed E-state index contributed by atoms with van der Waals surface area (Å²) in [4.78, 5) is 29.8. The van der Waals surface area contributed by atoms with E-state index in [0.717, 1.165) is 11.1 Å². The van der Waals surface area contributed by atoms with Gasteiger partial charge in [-0.3, -0.25) is 4.79 Å². The third-order valence-electron chi connectivity index (χ3n) is 3.33. The molecule has 0 atom stereocenters. The molecule has 116 valence electrons. The summed E-state index contributed by atoms with van der Waals surface area (Å²) in [5, 5.41) is 9.55. The lowest BCUT2D eigenvalue weighted by Gasteiger charge is -2.00. The number of nitrogens with two attached hydrogens (primary N) is 1. The van der Waals surface area contributed by atoms with Gasteiger partial charge in [-0.15, -0.1) is 0 Å². The Balaban J connectivity index is 1.78. The number of aromatic amines is 1. The molecule has 6 nitrogen and oxygen atoms in total. The minimum atomic E-state index is -0.944. The Labute approximate surface area is 135 Å². The van der Waals surface area contributed by atoms with E-state index in [1.54, 1.807) is 36.4 Å². The Morgan fingerprint density at radius 1 is 1.17 bits per heavy atom. The lowest BCUT2D eigenvalue weighted by Crippen LogP contribution is -2.11. The topological polar surface area (TPSA) is 109 Å². The molecule has 0 aliphatic rings. The summed E-state index contributed by atoms with van der Waals surface area (Å²) in [5.74, 6) is -0.825. The fourth-order valence-corrected chi connectivity index (χ4v) is 3.01. The van der Waals surface area contributed by atoms with Gasteiger partial charge in [0.1, 0.15) is 5.52 Å². The molecular formula is C16H13N3O3S. The van der Waals surface area contributed by atoms with Crippen molar-refractivity contribution in [3.05, 3.63) is 59.2 Å². The molecule has 0 unspecified atom stereocenters. The number of nitrogens with zero attached hydrogens (tertiary/aromatic N) is 1. The highest BCUT2D eigenvalue weighted by molar-refractivity contribution is 7.98. The van der Waals surface area contributed by atoms with Crippen molar-refractivity contribution >= 4 is 34.7 Å². The number of aromatic nitrogens is 2. The molecule has 0 fully saturated rings. The van der Waals surface area contributed by atoms with Crippen molar-refractivity contribution in [1.82, 2.24) is 9.97 Å². The van der Waals surface area contributed by atoms with E-state index < -0.39 is 11.9 Å². The van der Waals surface area contributed by atoms with Crippen molar-refractivity contribution in [3.8, 4) is 0 Å². The lowest BCUT2D eigenvalue weighted by atomic mass is 10.1.